The van der Waals surface area contributed by atoms with Gasteiger partial charge in [-0.2, -0.15) is 0 Å². The van der Waals surface area contributed by atoms with E-state index < -0.39 is 5.97 Å². The second-order valence-electron chi connectivity index (χ2n) is 3.12. The summed E-state index contributed by atoms with van der Waals surface area (Å²) >= 11 is 1.91. The van der Waals surface area contributed by atoms with Crippen molar-refractivity contribution in [2.45, 2.75) is 6.92 Å². The summed E-state index contributed by atoms with van der Waals surface area (Å²) in [6.45, 7) is 5.41. The Morgan fingerprint density at radius 1 is 1.69 bits per heavy atom. The highest BCUT2D eigenvalue weighted by Gasteiger charge is 2.18. The van der Waals surface area contributed by atoms with Crippen molar-refractivity contribution in [2.75, 3.05) is 6.61 Å². The number of aromatic hydroxyl groups is 1. The van der Waals surface area contributed by atoms with Crippen LogP contribution in [0.25, 0.3) is 0 Å². The number of phenols is 1. The average Bonchev–Trinajstić information content (AvgIpc) is 2.23. The smallest absolute Gasteiger partial charge is 0.336 e. The van der Waals surface area contributed by atoms with Crippen molar-refractivity contribution in [1.29, 1.82) is 0 Å². The number of aromatic carboxylic acids is 1. The van der Waals surface area contributed by atoms with Crippen molar-refractivity contribution in [1.82, 2.24) is 0 Å². The highest BCUT2D eigenvalue weighted by atomic mass is 127. The number of hydrogen-bond acceptors (Lipinski definition) is 3. The van der Waals surface area contributed by atoms with E-state index in [0.717, 1.165) is 0 Å². The predicted molar refractivity (Wildman–Crippen MR) is 68.2 cm³/mol. The molecule has 0 radical (unpaired) electrons. The van der Waals surface area contributed by atoms with Gasteiger partial charge in [0.25, 0.3) is 0 Å². The Balaban J connectivity index is 3.33. The summed E-state index contributed by atoms with van der Waals surface area (Å²) in [6, 6.07) is 1.22. The number of halogens is 1. The lowest BCUT2D eigenvalue weighted by Crippen LogP contribution is -2.05. The van der Waals surface area contributed by atoms with Crippen LogP contribution < -0.4 is 4.74 Å². The first-order valence-corrected chi connectivity index (χ1v) is 5.56. The summed E-state index contributed by atoms with van der Waals surface area (Å²) in [5.41, 5.74) is 0.536. The van der Waals surface area contributed by atoms with E-state index in [4.69, 9.17) is 9.84 Å². The lowest BCUT2D eigenvalue weighted by Gasteiger charge is -2.13. The first-order valence-electron chi connectivity index (χ1n) is 4.48. The van der Waals surface area contributed by atoms with Gasteiger partial charge in [0.1, 0.15) is 18.1 Å². The van der Waals surface area contributed by atoms with E-state index in [1.807, 2.05) is 22.6 Å². The van der Waals surface area contributed by atoms with E-state index in [9.17, 15) is 9.90 Å². The molecule has 0 bridgehead atoms. The molecule has 0 aromatic heterocycles. The van der Waals surface area contributed by atoms with Gasteiger partial charge < -0.3 is 14.9 Å². The summed E-state index contributed by atoms with van der Waals surface area (Å²) < 4.78 is 5.84. The van der Waals surface area contributed by atoms with Gasteiger partial charge in [-0.15, -0.1) is 0 Å². The van der Waals surface area contributed by atoms with E-state index >= 15 is 0 Å². The Bertz CT molecular complexity index is 440. The molecule has 4 nitrogen and oxygen atoms in total. The number of hydrogen-bond donors (Lipinski definition) is 2. The third-order valence-electron chi connectivity index (χ3n) is 2.03. The molecule has 0 heterocycles. The molecule has 16 heavy (non-hydrogen) atoms. The SMILES string of the molecule is C=CCOc1c(C)c(C(=O)O)cc(O)c1I. The van der Waals surface area contributed by atoms with Crippen molar-refractivity contribution < 1.29 is 19.7 Å². The number of carboxylic acids is 1. The molecular weight excluding hydrogens is 323 g/mol. The van der Waals surface area contributed by atoms with Crippen molar-refractivity contribution in [3.8, 4) is 11.5 Å². The minimum Gasteiger partial charge on any atom is -0.507 e. The zero-order valence-electron chi connectivity index (χ0n) is 8.66. The van der Waals surface area contributed by atoms with E-state index in [0.29, 0.717) is 14.9 Å². The predicted octanol–water partition coefficient (Wildman–Crippen LogP) is 2.57. The number of carbonyl (C=O) groups is 1. The van der Waals surface area contributed by atoms with Crippen molar-refractivity contribution >= 4 is 28.6 Å². The summed E-state index contributed by atoms with van der Waals surface area (Å²) in [7, 11) is 0. The molecule has 0 amide bonds. The molecular formula is C11H11IO4. The van der Waals surface area contributed by atoms with Gasteiger partial charge in [-0.25, -0.2) is 4.79 Å². The molecule has 1 rings (SSSR count). The average molecular weight is 334 g/mol. The lowest BCUT2D eigenvalue weighted by atomic mass is 10.1. The maximum Gasteiger partial charge on any atom is 0.336 e. The molecule has 0 spiro atoms. The highest BCUT2D eigenvalue weighted by molar-refractivity contribution is 14.1. The van der Waals surface area contributed by atoms with Crippen molar-refractivity contribution in [3.05, 3.63) is 33.4 Å². The van der Waals surface area contributed by atoms with Gasteiger partial charge in [-0.3, -0.25) is 0 Å². The fourth-order valence-corrected chi connectivity index (χ4v) is 1.96. The highest BCUT2D eigenvalue weighted by Crippen LogP contribution is 2.35. The topological polar surface area (TPSA) is 66.8 Å². The maximum absolute atomic E-state index is 10.9. The molecule has 0 fully saturated rings. The van der Waals surface area contributed by atoms with E-state index in [1.165, 1.54) is 6.07 Å². The van der Waals surface area contributed by atoms with Crippen LogP contribution in [0.2, 0.25) is 0 Å². The van der Waals surface area contributed by atoms with E-state index in [2.05, 4.69) is 6.58 Å². The zero-order valence-corrected chi connectivity index (χ0v) is 10.8. The standard InChI is InChI=1S/C11H11IO4/c1-3-4-16-10-6(2)7(11(14)15)5-8(13)9(10)12/h3,5,13H,1,4H2,2H3,(H,14,15). The number of benzene rings is 1. The molecule has 1 aromatic carbocycles. The van der Waals surface area contributed by atoms with Crippen molar-refractivity contribution in [2.24, 2.45) is 0 Å². The third-order valence-corrected chi connectivity index (χ3v) is 3.07. The molecule has 0 atom stereocenters. The van der Waals surface area contributed by atoms with Gasteiger partial charge in [0.15, 0.2) is 0 Å². The minimum absolute atomic E-state index is 0.0389. The Hall–Kier alpha value is -1.24. The second kappa shape index (κ2) is 5.20. The van der Waals surface area contributed by atoms with Crippen LogP contribution in [0.5, 0.6) is 11.5 Å². The summed E-state index contributed by atoms with van der Waals surface area (Å²) in [5.74, 6) is -0.798. The van der Waals surface area contributed by atoms with Crippen LogP contribution in [0.4, 0.5) is 0 Å². The minimum atomic E-state index is -1.09. The zero-order chi connectivity index (χ0) is 12.3. The Labute approximate surface area is 107 Å². The Kier molecular flexibility index (Phi) is 4.17. The van der Waals surface area contributed by atoms with E-state index in [1.54, 1.807) is 13.0 Å². The maximum atomic E-state index is 10.9. The van der Waals surface area contributed by atoms with Gasteiger partial charge in [-0.05, 0) is 35.6 Å². The third kappa shape index (κ3) is 2.46. The molecule has 0 aliphatic rings. The monoisotopic (exact) mass is 334 g/mol. The molecule has 86 valence electrons. The van der Waals surface area contributed by atoms with Crippen LogP contribution >= 0.6 is 22.6 Å². The van der Waals surface area contributed by atoms with Crippen LogP contribution in [-0.2, 0) is 0 Å². The van der Waals surface area contributed by atoms with Crippen molar-refractivity contribution in [3.63, 3.8) is 0 Å². The molecule has 0 unspecified atom stereocenters. The molecule has 0 aliphatic carbocycles. The van der Waals surface area contributed by atoms with Crippen LogP contribution in [-0.4, -0.2) is 22.8 Å². The Morgan fingerprint density at radius 3 is 2.81 bits per heavy atom. The summed E-state index contributed by atoms with van der Waals surface area (Å²) in [5, 5.41) is 18.5. The molecule has 2 N–H and O–H groups in total. The quantitative estimate of drug-likeness (QED) is 0.656. The van der Waals surface area contributed by atoms with Gasteiger partial charge in [0.05, 0.1) is 9.13 Å². The van der Waals surface area contributed by atoms with Crippen LogP contribution in [0.15, 0.2) is 18.7 Å². The van der Waals surface area contributed by atoms with Crippen LogP contribution in [0.1, 0.15) is 15.9 Å². The molecule has 1 aromatic rings. The fourth-order valence-electron chi connectivity index (χ4n) is 1.25. The summed E-state index contributed by atoms with van der Waals surface area (Å²) in [6.07, 6.45) is 1.56. The number of phenolic OH excluding ortho intramolecular Hbond substituents is 1. The lowest BCUT2D eigenvalue weighted by molar-refractivity contribution is 0.0695. The molecule has 0 saturated carbocycles. The number of rotatable bonds is 4. The molecule has 0 saturated heterocycles. The van der Waals surface area contributed by atoms with Crippen LogP contribution in [0.3, 0.4) is 0 Å². The summed E-state index contributed by atoms with van der Waals surface area (Å²) in [4.78, 5) is 10.9. The van der Waals surface area contributed by atoms with Crippen LogP contribution in [0, 0.1) is 10.5 Å². The first-order chi connectivity index (χ1) is 7.49. The second-order valence-corrected chi connectivity index (χ2v) is 4.19. The van der Waals surface area contributed by atoms with Gasteiger partial charge >= 0.3 is 5.97 Å². The number of carboxylic acid groups (broad SMARTS) is 1. The van der Waals surface area contributed by atoms with Gasteiger partial charge in [-0.1, -0.05) is 12.7 Å². The molecule has 5 heteroatoms. The normalized spacial score (nSPS) is 9.88. The van der Waals surface area contributed by atoms with E-state index in [-0.39, 0.29) is 17.9 Å². The Morgan fingerprint density at radius 2 is 2.31 bits per heavy atom. The largest absolute Gasteiger partial charge is 0.507 e. The molecule has 0 aliphatic heterocycles. The number of ether oxygens (including phenoxy) is 1. The fraction of sp³-hybridized carbons (Fsp3) is 0.182. The van der Waals surface area contributed by atoms with Gasteiger partial charge in [0, 0.05) is 5.56 Å². The van der Waals surface area contributed by atoms with Gasteiger partial charge in [0.2, 0.25) is 0 Å². The first kappa shape index (κ1) is 12.8.